The summed E-state index contributed by atoms with van der Waals surface area (Å²) in [5.41, 5.74) is 2.03. The summed E-state index contributed by atoms with van der Waals surface area (Å²) in [4.78, 5) is 31.7. The summed E-state index contributed by atoms with van der Waals surface area (Å²) in [6.07, 6.45) is 4.51. The zero-order valence-corrected chi connectivity index (χ0v) is 17.3. The molecule has 9 nitrogen and oxygen atoms in total. The van der Waals surface area contributed by atoms with Gasteiger partial charge in [-0.3, -0.25) is 9.59 Å². The number of nitrogens with zero attached hydrogens (tertiary/aromatic N) is 4. The van der Waals surface area contributed by atoms with Crippen molar-refractivity contribution >= 4 is 29.4 Å². The lowest BCUT2D eigenvalue weighted by Gasteiger charge is -2.19. The maximum absolute atomic E-state index is 12.9. The van der Waals surface area contributed by atoms with Crippen LogP contribution in [-0.2, 0) is 9.59 Å². The number of anilines is 1. The predicted octanol–water partition coefficient (Wildman–Crippen LogP) is 2.08. The Morgan fingerprint density at radius 3 is 2.61 bits per heavy atom. The molecule has 0 bridgehead atoms. The van der Waals surface area contributed by atoms with E-state index >= 15 is 0 Å². The first-order chi connectivity index (χ1) is 15.0. The molecule has 1 aliphatic carbocycles. The molecule has 3 N–H and O–H groups in total. The first-order valence-electron chi connectivity index (χ1n) is 9.94. The fourth-order valence-electron chi connectivity index (χ4n) is 3.29. The molecule has 2 aromatic heterocycles. The van der Waals surface area contributed by atoms with Crippen LogP contribution in [0, 0.1) is 5.41 Å². The fourth-order valence-corrected chi connectivity index (χ4v) is 3.29. The molecule has 2 heterocycles. The van der Waals surface area contributed by atoms with Gasteiger partial charge in [-0.1, -0.05) is 30.3 Å². The number of nitrogens with one attached hydrogen (secondary N) is 3. The average molecular weight is 417 g/mol. The molecule has 9 heteroatoms. The lowest BCUT2D eigenvalue weighted by molar-refractivity contribution is -0.126. The molecule has 1 aliphatic rings. The molecule has 0 saturated heterocycles. The van der Waals surface area contributed by atoms with Crippen LogP contribution in [0.3, 0.4) is 0 Å². The van der Waals surface area contributed by atoms with Crippen molar-refractivity contribution in [3.8, 4) is 11.4 Å². The van der Waals surface area contributed by atoms with Crippen LogP contribution in [0.4, 0.5) is 5.69 Å². The number of benzene rings is 1. The summed E-state index contributed by atoms with van der Waals surface area (Å²) in [6, 6.07) is 13.2. The number of carbonyl (C=O) groups excluding carboxylic acids is 2. The normalized spacial score (nSPS) is 14.0. The molecule has 0 radical (unpaired) electrons. The van der Waals surface area contributed by atoms with E-state index in [-0.39, 0.29) is 23.2 Å². The zero-order valence-electron chi connectivity index (χ0n) is 17.3. The molecular formula is C22H23N7O2. The molecule has 2 amide bonds. The van der Waals surface area contributed by atoms with E-state index in [4.69, 9.17) is 5.41 Å². The third-order valence-corrected chi connectivity index (χ3v) is 5.16. The fraction of sp³-hybridized carbons (Fsp3) is 0.227. The largest absolute Gasteiger partial charge is 0.383 e. The van der Waals surface area contributed by atoms with Crippen molar-refractivity contribution in [1.82, 2.24) is 24.8 Å². The Balaban J connectivity index is 1.58. The lowest BCUT2D eigenvalue weighted by atomic mass is 10.1. The standard InChI is InChI=1S/C22H23N7O2/c1-24-19(17(13-23)22(31)28(2)16-8-9-16)21(30)25-15-10-11-29-18(12-15)26-20(27-29)14-6-4-3-5-7-14/h3-7,10-13,16,23-24H,8-9H2,1-2H3,(H,25,30)/b19-17+,23-13?. The molecule has 0 spiro atoms. The highest BCUT2D eigenvalue weighted by Gasteiger charge is 2.32. The Labute approximate surface area is 179 Å². The second-order valence-electron chi connectivity index (χ2n) is 7.30. The van der Waals surface area contributed by atoms with Gasteiger partial charge in [-0.2, -0.15) is 0 Å². The Morgan fingerprint density at radius 2 is 1.97 bits per heavy atom. The Morgan fingerprint density at radius 1 is 1.23 bits per heavy atom. The molecule has 158 valence electrons. The molecule has 1 fully saturated rings. The van der Waals surface area contributed by atoms with Crippen LogP contribution in [-0.4, -0.2) is 57.7 Å². The predicted molar refractivity (Wildman–Crippen MR) is 118 cm³/mol. The lowest BCUT2D eigenvalue weighted by Crippen LogP contribution is -2.35. The maximum Gasteiger partial charge on any atom is 0.272 e. The first-order valence-corrected chi connectivity index (χ1v) is 9.94. The van der Waals surface area contributed by atoms with Crippen LogP contribution in [0.15, 0.2) is 59.9 Å². The van der Waals surface area contributed by atoms with Crippen LogP contribution in [0.5, 0.6) is 0 Å². The minimum atomic E-state index is -0.509. The molecule has 0 atom stereocenters. The third kappa shape index (κ3) is 4.16. The minimum absolute atomic E-state index is 0.0179. The van der Waals surface area contributed by atoms with E-state index in [9.17, 15) is 9.59 Å². The molecule has 1 aromatic carbocycles. The monoisotopic (exact) mass is 417 g/mol. The van der Waals surface area contributed by atoms with Gasteiger partial charge in [-0.05, 0) is 18.9 Å². The summed E-state index contributed by atoms with van der Waals surface area (Å²) in [5, 5.41) is 17.7. The molecule has 0 unspecified atom stereocenters. The van der Waals surface area contributed by atoms with Crippen molar-refractivity contribution in [3.63, 3.8) is 0 Å². The summed E-state index contributed by atoms with van der Waals surface area (Å²) in [7, 11) is 3.24. The van der Waals surface area contributed by atoms with Crippen molar-refractivity contribution < 1.29 is 9.59 Å². The van der Waals surface area contributed by atoms with Crippen molar-refractivity contribution in [2.75, 3.05) is 19.4 Å². The van der Waals surface area contributed by atoms with Gasteiger partial charge in [0.25, 0.3) is 11.8 Å². The summed E-state index contributed by atoms with van der Waals surface area (Å²) < 4.78 is 1.63. The Kier molecular flexibility index (Phi) is 5.48. The van der Waals surface area contributed by atoms with Gasteiger partial charge in [0.2, 0.25) is 0 Å². The molecule has 31 heavy (non-hydrogen) atoms. The van der Waals surface area contributed by atoms with Crippen LogP contribution in [0.1, 0.15) is 12.8 Å². The number of hydrogen-bond donors (Lipinski definition) is 3. The van der Waals surface area contributed by atoms with Gasteiger partial charge in [0.05, 0.1) is 5.57 Å². The van der Waals surface area contributed by atoms with Gasteiger partial charge in [-0.25, -0.2) is 9.50 Å². The number of amides is 2. The van der Waals surface area contributed by atoms with E-state index < -0.39 is 5.91 Å². The topological polar surface area (TPSA) is 115 Å². The van der Waals surface area contributed by atoms with Crippen molar-refractivity contribution in [1.29, 1.82) is 5.41 Å². The van der Waals surface area contributed by atoms with Crippen molar-refractivity contribution in [2.24, 2.45) is 0 Å². The van der Waals surface area contributed by atoms with Crippen LogP contribution in [0.25, 0.3) is 17.0 Å². The van der Waals surface area contributed by atoms with Gasteiger partial charge in [-0.15, -0.1) is 5.10 Å². The van der Waals surface area contributed by atoms with Gasteiger partial charge in [0, 0.05) is 49.9 Å². The number of rotatable bonds is 7. The number of carbonyl (C=O) groups is 2. The van der Waals surface area contributed by atoms with Gasteiger partial charge >= 0.3 is 0 Å². The number of fused-ring (bicyclic) bond motifs is 1. The highest BCUT2D eigenvalue weighted by atomic mass is 16.2. The highest BCUT2D eigenvalue weighted by molar-refractivity contribution is 6.19. The first kappa shape index (κ1) is 20.3. The van der Waals surface area contributed by atoms with E-state index in [1.807, 2.05) is 30.3 Å². The third-order valence-electron chi connectivity index (χ3n) is 5.16. The van der Waals surface area contributed by atoms with Crippen LogP contribution in [0.2, 0.25) is 0 Å². The summed E-state index contributed by atoms with van der Waals surface area (Å²) in [5.74, 6) is -0.275. The van der Waals surface area contributed by atoms with E-state index in [1.54, 1.807) is 41.8 Å². The molecule has 3 aromatic rings. The van der Waals surface area contributed by atoms with Gasteiger partial charge < -0.3 is 20.9 Å². The minimum Gasteiger partial charge on any atom is -0.383 e. The second-order valence-corrected chi connectivity index (χ2v) is 7.30. The number of pyridine rings is 1. The number of likely N-dealkylation sites (N-methyl/N-ethyl adjacent to an activating group) is 2. The van der Waals surface area contributed by atoms with Crippen molar-refractivity contribution in [2.45, 2.75) is 18.9 Å². The van der Waals surface area contributed by atoms with E-state index in [0.717, 1.165) is 24.6 Å². The highest BCUT2D eigenvalue weighted by Crippen LogP contribution is 2.26. The summed E-state index contributed by atoms with van der Waals surface area (Å²) >= 11 is 0. The Hall–Kier alpha value is -4.01. The Bertz CT molecular complexity index is 1180. The van der Waals surface area contributed by atoms with Crippen LogP contribution >= 0.6 is 0 Å². The summed E-state index contributed by atoms with van der Waals surface area (Å²) in [6.45, 7) is 0. The van der Waals surface area contributed by atoms with Crippen LogP contribution < -0.4 is 10.6 Å². The smallest absolute Gasteiger partial charge is 0.272 e. The second kappa shape index (κ2) is 8.39. The maximum atomic E-state index is 12.9. The van der Waals surface area contributed by atoms with E-state index in [0.29, 0.717) is 17.2 Å². The van der Waals surface area contributed by atoms with Gasteiger partial charge in [0.15, 0.2) is 11.5 Å². The van der Waals surface area contributed by atoms with E-state index in [1.165, 1.54) is 0 Å². The SMILES string of the molecule is CN/C(C(=O)Nc1ccn2nc(-c3ccccc3)nc2c1)=C(\C=N)C(=O)N(C)C1CC1. The molecule has 4 rings (SSSR count). The van der Waals surface area contributed by atoms with Crippen molar-refractivity contribution in [3.05, 3.63) is 59.9 Å². The van der Waals surface area contributed by atoms with Gasteiger partial charge in [0.1, 0.15) is 5.70 Å². The molecule has 1 saturated carbocycles. The average Bonchev–Trinajstić information content (AvgIpc) is 3.55. The quantitative estimate of drug-likeness (QED) is 0.402. The van der Waals surface area contributed by atoms with E-state index in [2.05, 4.69) is 20.7 Å². The molecule has 0 aliphatic heterocycles. The number of hydrogen-bond acceptors (Lipinski definition) is 6. The number of aromatic nitrogens is 3. The molecular weight excluding hydrogens is 394 g/mol. The zero-order chi connectivity index (χ0) is 22.0.